The van der Waals surface area contributed by atoms with E-state index < -0.39 is 17.7 Å². The summed E-state index contributed by atoms with van der Waals surface area (Å²) in [6.45, 7) is 2.67. The first-order valence-electron chi connectivity index (χ1n) is 8.98. The normalized spacial score (nSPS) is 32.5. The first kappa shape index (κ1) is 17.4. The summed E-state index contributed by atoms with van der Waals surface area (Å²) in [5.74, 6) is -1.76. The third-order valence-corrected chi connectivity index (χ3v) is 5.03. The number of benzene rings is 1. The number of ketones is 1. The minimum atomic E-state index is -0.791. The van der Waals surface area contributed by atoms with Gasteiger partial charge in [-0.2, -0.15) is 0 Å². The molecule has 1 aromatic rings. The fourth-order valence-electron chi connectivity index (χ4n) is 3.70. The van der Waals surface area contributed by atoms with Crippen LogP contribution in [-0.2, 0) is 35.1 Å². The molecular formula is C20H22O6. The van der Waals surface area contributed by atoms with E-state index in [2.05, 4.69) is 0 Å². The molecule has 1 aromatic carbocycles. The number of hydrogen-bond acceptors (Lipinski definition) is 6. The lowest BCUT2D eigenvalue weighted by atomic mass is 9.85. The maximum atomic E-state index is 12.4. The van der Waals surface area contributed by atoms with Crippen molar-refractivity contribution in [3.05, 3.63) is 47.5 Å². The van der Waals surface area contributed by atoms with Crippen molar-refractivity contribution < 1.29 is 28.5 Å². The van der Waals surface area contributed by atoms with Crippen molar-refractivity contribution in [1.29, 1.82) is 0 Å². The van der Waals surface area contributed by atoms with E-state index in [-0.39, 0.29) is 31.2 Å². The van der Waals surface area contributed by atoms with Crippen LogP contribution in [0, 0.1) is 5.92 Å². The zero-order valence-electron chi connectivity index (χ0n) is 14.6. The third kappa shape index (κ3) is 3.58. The minimum absolute atomic E-state index is 0.0999. The summed E-state index contributed by atoms with van der Waals surface area (Å²) in [7, 11) is 0. The number of hydrogen-bond donors (Lipinski definition) is 0. The molecule has 26 heavy (non-hydrogen) atoms. The minimum Gasteiger partial charge on any atom is -0.455 e. The SMILES string of the molecule is CC1COC(CC2=CC3OC2CC3C(=O)C(=O)OCc2ccccc2)O1. The predicted molar refractivity (Wildman–Crippen MR) is 91.0 cm³/mol. The van der Waals surface area contributed by atoms with Crippen LogP contribution in [0.2, 0.25) is 0 Å². The standard InChI is InChI=1S/C20H22O6/c1-12-10-23-18(25-12)8-14-7-17-15(9-16(14)26-17)19(21)20(22)24-11-13-5-3-2-4-6-13/h2-7,12,15-18H,8-11H2,1H3. The summed E-state index contributed by atoms with van der Waals surface area (Å²) in [6.07, 6.45) is 2.46. The van der Waals surface area contributed by atoms with Crippen LogP contribution in [-0.4, -0.2) is 43.0 Å². The number of rotatable bonds is 6. The monoisotopic (exact) mass is 358 g/mol. The average molecular weight is 358 g/mol. The fraction of sp³-hybridized carbons (Fsp3) is 0.500. The van der Waals surface area contributed by atoms with Gasteiger partial charge in [0.1, 0.15) is 6.61 Å². The highest BCUT2D eigenvalue weighted by Crippen LogP contribution is 2.41. The third-order valence-electron chi connectivity index (χ3n) is 5.03. The van der Waals surface area contributed by atoms with Crippen molar-refractivity contribution >= 4 is 11.8 Å². The lowest BCUT2D eigenvalue weighted by Crippen LogP contribution is -2.31. The Hall–Kier alpha value is -2.02. The van der Waals surface area contributed by atoms with E-state index >= 15 is 0 Å². The lowest BCUT2D eigenvalue weighted by molar-refractivity contribution is -0.157. The highest BCUT2D eigenvalue weighted by Gasteiger charge is 2.47. The van der Waals surface area contributed by atoms with E-state index in [0.29, 0.717) is 19.4 Å². The molecule has 2 bridgehead atoms. The maximum absolute atomic E-state index is 12.4. The number of ether oxygens (including phenoxy) is 4. The Morgan fingerprint density at radius 3 is 2.65 bits per heavy atom. The Kier molecular flexibility index (Phi) is 4.89. The van der Waals surface area contributed by atoms with Gasteiger partial charge in [-0.3, -0.25) is 4.79 Å². The zero-order valence-corrected chi connectivity index (χ0v) is 14.6. The van der Waals surface area contributed by atoms with Crippen molar-refractivity contribution in [2.45, 2.75) is 51.0 Å². The number of fused-ring (bicyclic) bond motifs is 2. The summed E-state index contributed by atoms with van der Waals surface area (Å²) >= 11 is 0. The zero-order chi connectivity index (χ0) is 18.1. The van der Waals surface area contributed by atoms with Crippen molar-refractivity contribution in [3.8, 4) is 0 Å². The van der Waals surface area contributed by atoms with E-state index in [0.717, 1.165) is 11.1 Å². The van der Waals surface area contributed by atoms with Gasteiger partial charge in [0.25, 0.3) is 0 Å². The molecule has 3 aliphatic heterocycles. The Labute approximate surface area is 152 Å². The van der Waals surface area contributed by atoms with Crippen LogP contribution in [0.25, 0.3) is 0 Å². The number of carbonyl (C=O) groups excluding carboxylic acids is 2. The molecule has 3 heterocycles. The van der Waals surface area contributed by atoms with Gasteiger partial charge in [0.05, 0.1) is 30.8 Å². The van der Waals surface area contributed by atoms with E-state index in [1.54, 1.807) is 0 Å². The Morgan fingerprint density at radius 1 is 1.19 bits per heavy atom. The van der Waals surface area contributed by atoms with Gasteiger partial charge >= 0.3 is 5.97 Å². The second kappa shape index (κ2) is 7.31. The molecule has 2 saturated heterocycles. The summed E-state index contributed by atoms with van der Waals surface area (Å²) in [5, 5.41) is 0. The van der Waals surface area contributed by atoms with Crippen LogP contribution in [0.4, 0.5) is 0 Å². The molecule has 5 unspecified atom stereocenters. The second-order valence-electron chi connectivity index (χ2n) is 7.01. The van der Waals surface area contributed by atoms with Gasteiger partial charge in [0.15, 0.2) is 6.29 Å². The van der Waals surface area contributed by atoms with E-state index in [9.17, 15) is 9.59 Å². The van der Waals surface area contributed by atoms with Crippen LogP contribution in [0.5, 0.6) is 0 Å². The molecule has 3 aliphatic rings. The van der Waals surface area contributed by atoms with Crippen LogP contribution in [0.1, 0.15) is 25.3 Å². The van der Waals surface area contributed by atoms with Crippen molar-refractivity contribution in [2.75, 3.05) is 6.61 Å². The molecule has 0 aromatic heterocycles. The molecular weight excluding hydrogens is 336 g/mol. The van der Waals surface area contributed by atoms with Crippen LogP contribution in [0.3, 0.4) is 0 Å². The highest BCUT2D eigenvalue weighted by molar-refractivity contribution is 6.34. The summed E-state index contributed by atoms with van der Waals surface area (Å²) < 4.78 is 22.2. The second-order valence-corrected chi connectivity index (χ2v) is 7.01. The molecule has 0 radical (unpaired) electrons. The molecule has 0 amide bonds. The molecule has 0 spiro atoms. The molecule has 6 heteroatoms. The van der Waals surface area contributed by atoms with Crippen LogP contribution in [0.15, 0.2) is 42.0 Å². The van der Waals surface area contributed by atoms with Gasteiger partial charge in [0, 0.05) is 6.42 Å². The molecule has 0 saturated carbocycles. The van der Waals surface area contributed by atoms with Crippen molar-refractivity contribution in [2.24, 2.45) is 5.92 Å². The Morgan fingerprint density at radius 2 is 2.00 bits per heavy atom. The van der Waals surface area contributed by atoms with E-state index in [1.165, 1.54) is 0 Å². The summed E-state index contributed by atoms with van der Waals surface area (Å²) in [4.78, 5) is 24.5. The number of carbonyl (C=O) groups is 2. The molecule has 6 nitrogen and oxygen atoms in total. The van der Waals surface area contributed by atoms with Crippen molar-refractivity contribution in [1.82, 2.24) is 0 Å². The Balaban J connectivity index is 1.31. The molecule has 4 rings (SSSR count). The van der Waals surface area contributed by atoms with Gasteiger partial charge in [-0.05, 0) is 24.5 Å². The van der Waals surface area contributed by atoms with E-state index in [1.807, 2.05) is 43.3 Å². The largest absolute Gasteiger partial charge is 0.455 e. The Bertz CT molecular complexity index is 712. The summed E-state index contributed by atoms with van der Waals surface area (Å²) in [5.41, 5.74) is 1.95. The van der Waals surface area contributed by atoms with Gasteiger partial charge in [-0.25, -0.2) is 4.79 Å². The quantitative estimate of drug-likeness (QED) is 0.441. The first-order chi connectivity index (χ1) is 12.6. The molecule has 5 atom stereocenters. The first-order valence-corrected chi connectivity index (χ1v) is 8.98. The smallest absolute Gasteiger partial charge is 0.375 e. The van der Waals surface area contributed by atoms with Crippen LogP contribution >= 0.6 is 0 Å². The maximum Gasteiger partial charge on any atom is 0.375 e. The van der Waals surface area contributed by atoms with Gasteiger partial charge in [0.2, 0.25) is 5.78 Å². The predicted octanol–water partition coefficient (Wildman–Crippen LogP) is 2.16. The van der Waals surface area contributed by atoms with Gasteiger partial charge in [-0.1, -0.05) is 36.4 Å². The molecule has 138 valence electrons. The lowest BCUT2D eigenvalue weighted by Gasteiger charge is -2.18. The molecule has 2 fully saturated rings. The molecule has 0 aliphatic carbocycles. The highest BCUT2D eigenvalue weighted by atomic mass is 16.7. The van der Waals surface area contributed by atoms with Crippen LogP contribution < -0.4 is 0 Å². The summed E-state index contributed by atoms with van der Waals surface area (Å²) in [6, 6.07) is 9.30. The van der Waals surface area contributed by atoms with E-state index in [4.69, 9.17) is 18.9 Å². The topological polar surface area (TPSA) is 71.1 Å². The van der Waals surface area contributed by atoms with Gasteiger partial charge in [-0.15, -0.1) is 0 Å². The van der Waals surface area contributed by atoms with Gasteiger partial charge < -0.3 is 18.9 Å². The number of Topliss-reactive ketones (excluding diaryl/α,β-unsaturated/α-hetero) is 1. The van der Waals surface area contributed by atoms with Crippen molar-refractivity contribution in [3.63, 3.8) is 0 Å². The fourth-order valence-corrected chi connectivity index (χ4v) is 3.70. The number of esters is 1. The molecule has 0 N–H and O–H groups in total. The average Bonchev–Trinajstić information content (AvgIpc) is 3.36.